The van der Waals surface area contributed by atoms with Crippen LogP contribution < -0.4 is 0 Å². The number of aliphatic imine (C=N–C) groups is 1. The van der Waals surface area contributed by atoms with E-state index in [4.69, 9.17) is 5.11 Å². The van der Waals surface area contributed by atoms with Gasteiger partial charge in [0.2, 0.25) is 0 Å². The number of fused-ring (bicyclic) bond motifs is 2. The molecular weight excluding hydrogens is 248 g/mol. The van der Waals surface area contributed by atoms with Crippen molar-refractivity contribution < 1.29 is 5.11 Å². The van der Waals surface area contributed by atoms with Gasteiger partial charge in [0, 0.05) is 35.4 Å². The number of thioether (sulfide) groups is 1. The Labute approximate surface area is 110 Å². The smallest absolute Gasteiger partial charge is 0.175 e. The molecule has 1 aromatic rings. The predicted octanol–water partition coefficient (Wildman–Crippen LogP) is 1.95. The van der Waals surface area contributed by atoms with Gasteiger partial charge in [-0.1, -0.05) is 11.8 Å². The molecule has 0 saturated carbocycles. The fraction of sp³-hybridized carbons (Fsp3) is 0.417. The van der Waals surface area contributed by atoms with E-state index in [0.29, 0.717) is 6.42 Å². The van der Waals surface area contributed by atoms with Gasteiger partial charge in [0.05, 0.1) is 6.54 Å². The molecule has 0 aromatic carbocycles. The second-order valence-electron chi connectivity index (χ2n) is 4.33. The zero-order valence-electron chi connectivity index (χ0n) is 10.3. The van der Waals surface area contributed by atoms with Crippen molar-refractivity contribution in [3.8, 4) is 0 Å². The van der Waals surface area contributed by atoms with Crippen LogP contribution in [-0.2, 0) is 6.54 Å². The van der Waals surface area contributed by atoms with Gasteiger partial charge in [-0.15, -0.1) is 0 Å². The van der Waals surface area contributed by atoms with Crippen molar-refractivity contribution in [3.63, 3.8) is 0 Å². The fourth-order valence-corrected chi connectivity index (χ4v) is 3.20. The summed E-state index contributed by atoms with van der Waals surface area (Å²) >= 11 is 1.63. The molecule has 94 valence electrons. The normalized spacial score (nSPS) is 17.7. The highest BCUT2D eigenvalue weighted by molar-refractivity contribution is 8.17. The van der Waals surface area contributed by atoms with E-state index in [0.717, 1.165) is 28.9 Å². The third-order valence-corrected chi connectivity index (χ3v) is 4.32. The van der Waals surface area contributed by atoms with Crippen LogP contribution in [0.2, 0.25) is 0 Å². The average Bonchev–Trinajstić information content (AvgIpc) is 2.64. The monoisotopic (exact) mass is 262 g/mol. The van der Waals surface area contributed by atoms with E-state index in [1.165, 1.54) is 10.6 Å². The molecule has 0 radical (unpaired) electrons. The quantitative estimate of drug-likeness (QED) is 0.882. The van der Waals surface area contributed by atoms with Crippen LogP contribution >= 0.6 is 11.8 Å². The van der Waals surface area contributed by atoms with E-state index in [1.807, 2.05) is 13.1 Å². The first-order chi connectivity index (χ1) is 8.69. The Morgan fingerprint density at radius 2 is 2.28 bits per heavy atom. The van der Waals surface area contributed by atoms with Gasteiger partial charge in [-0.05, 0) is 13.8 Å². The van der Waals surface area contributed by atoms with Crippen LogP contribution in [0, 0.1) is 6.92 Å². The Morgan fingerprint density at radius 3 is 3.06 bits per heavy atom. The number of nitrogens with zero attached hydrogens (tertiary/aromatic N) is 4. The molecule has 1 aromatic heterocycles. The molecule has 0 unspecified atom stereocenters. The third-order valence-electron chi connectivity index (χ3n) is 3.08. The van der Waals surface area contributed by atoms with Crippen molar-refractivity contribution in [1.29, 1.82) is 0 Å². The maximum Gasteiger partial charge on any atom is 0.175 e. The Bertz CT molecular complexity index is 567. The summed E-state index contributed by atoms with van der Waals surface area (Å²) in [6, 6.07) is 0. The topological polar surface area (TPSA) is 61.6 Å². The van der Waals surface area contributed by atoms with Crippen molar-refractivity contribution >= 4 is 22.7 Å². The Hall–Kier alpha value is -1.40. The maximum absolute atomic E-state index is 9.06. The number of aromatic nitrogens is 2. The number of aliphatic hydroxyl groups is 1. The number of aryl methyl sites for hydroxylation is 1. The molecular formula is C12H14N4OS. The summed E-state index contributed by atoms with van der Waals surface area (Å²) in [6.07, 6.45) is 2.53. The molecule has 6 heteroatoms. The summed E-state index contributed by atoms with van der Waals surface area (Å²) < 4.78 is 0. The summed E-state index contributed by atoms with van der Waals surface area (Å²) in [5, 5.41) is 10.0. The van der Waals surface area contributed by atoms with Gasteiger partial charge in [0.15, 0.2) is 11.0 Å². The minimum atomic E-state index is 0.173. The fourth-order valence-electron chi connectivity index (χ4n) is 2.09. The molecule has 0 aliphatic carbocycles. The third kappa shape index (κ3) is 1.81. The molecule has 2 aliphatic rings. The number of hydrogen-bond donors (Lipinski definition) is 1. The highest BCUT2D eigenvalue weighted by atomic mass is 32.2. The van der Waals surface area contributed by atoms with Crippen LogP contribution in [0.5, 0.6) is 0 Å². The molecule has 3 rings (SSSR count). The van der Waals surface area contributed by atoms with E-state index in [2.05, 4.69) is 26.8 Å². The summed E-state index contributed by atoms with van der Waals surface area (Å²) in [4.78, 5) is 16.5. The van der Waals surface area contributed by atoms with Gasteiger partial charge in [-0.3, -0.25) is 0 Å². The molecule has 2 aliphatic heterocycles. The summed E-state index contributed by atoms with van der Waals surface area (Å²) in [5.74, 6) is 1.52. The van der Waals surface area contributed by atoms with Crippen LogP contribution in [0.4, 0.5) is 5.82 Å². The van der Waals surface area contributed by atoms with Gasteiger partial charge < -0.3 is 10.0 Å². The molecule has 1 N–H and O–H groups in total. The van der Waals surface area contributed by atoms with Gasteiger partial charge in [0.25, 0.3) is 0 Å². The largest absolute Gasteiger partial charge is 0.396 e. The van der Waals surface area contributed by atoms with Crippen molar-refractivity contribution in [3.05, 3.63) is 28.2 Å². The first-order valence-corrected chi connectivity index (χ1v) is 6.68. The van der Waals surface area contributed by atoms with Crippen molar-refractivity contribution in [2.75, 3.05) is 6.61 Å². The lowest BCUT2D eigenvalue weighted by Gasteiger charge is -2.24. The van der Waals surface area contributed by atoms with Crippen molar-refractivity contribution in [1.82, 2.24) is 14.9 Å². The number of allylic oxidation sites excluding steroid dienone is 1. The molecule has 0 spiro atoms. The Morgan fingerprint density at radius 1 is 1.44 bits per heavy atom. The van der Waals surface area contributed by atoms with Gasteiger partial charge in [0.1, 0.15) is 5.82 Å². The van der Waals surface area contributed by atoms with Crippen LogP contribution in [-0.4, -0.2) is 31.7 Å². The molecule has 0 bridgehead atoms. The van der Waals surface area contributed by atoms with Gasteiger partial charge >= 0.3 is 0 Å². The minimum Gasteiger partial charge on any atom is -0.396 e. The molecule has 0 atom stereocenters. The summed E-state index contributed by atoms with van der Waals surface area (Å²) in [6.45, 7) is 4.88. The second kappa shape index (κ2) is 4.37. The molecule has 0 saturated heterocycles. The predicted molar refractivity (Wildman–Crippen MR) is 71.4 cm³/mol. The standard InChI is InChI=1S/C12H14N4OS/c1-7-10(3-4-17)18-12-15-11-9(6-16(7)12)5-13-8(2)14-11/h5,17H,3-4,6H2,1-2H3. The number of hydrogen-bond acceptors (Lipinski definition) is 6. The SMILES string of the molecule is CC1=C(CCO)SC2=Nc3nc(C)ncc3CN21. The first kappa shape index (κ1) is 11.7. The number of amidine groups is 1. The van der Waals surface area contributed by atoms with E-state index < -0.39 is 0 Å². The van der Waals surface area contributed by atoms with E-state index in [-0.39, 0.29) is 6.61 Å². The Balaban J connectivity index is 1.97. The second-order valence-corrected chi connectivity index (χ2v) is 5.39. The first-order valence-electron chi connectivity index (χ1n) is 5.86. The highest BCUT2D eigenvalue weighted by Crippen LogP contribution is 2.41. The number of aliphatic hydroxyl groups excluding tert-OH is 1. The van der Waals surface area contributed by atoms with Crippen LogP contribution in [0.1, 0.15) is 24.7 Å². The van der Waals surface area contributed by atoms with Gasteiger partial charge in [-0.2, -0.15) is 0 Å². The van der Waals surface area contributed by atoms with E-state index >= 15 is 0 Å². The summed E-state index contributed by atoms with van der Waals surface area (Å²) in [7, 11) is 0. The number of rotatable bonds is 2. The zero-order chi connectivity index (χ0) is 12.7. The molecule has 18 heavy (non-hydrogen) atoms. The molecule has 3 heterocycles. The van der Waals surface area contributed by atoms with Crippen molar-refractivity contribution in [2.45, 2.75) is 26.8 Å². The lowest BCUT2D eigenvalue weighted by Crippen LogP contribution is -2.25. The van der Waals surface area contributed by atoms with Crippen LogP contribution in [0.25, 0.3) is 0 Å². The van der Waals surface area contributed by atoms with E-state index in [9.17, 15) is 0 Å². The maximum atomic E-state index is 9.06. The van der Waals surface area contributed by atoms with E-state index in [1.54, 1.807) is 11.8 Å². The zero-order valence-corrected chi connectivity index (χ0v) is 11.2. The lowest BCUT2D eigenvalue weighted by molar-refractivity contribution is 0.300. The van der Waals surface area contributed by atoms with Crippen LogP contribution in [0.15, 0.2) is 21.8 Å². The molecule has 0 fully saturated rings. The lowest BCUT2D eigenvalue weighted by atomic mass is 10.2. The summed E-state index contributed by atoms with van der Waals surface area (Å²) in [5.41, 5.74) is 2.23. The van der Waals surface area contributed by atoms with Crippen molar-refractivity contribution in [2.24, 2.45) is 4.99 Å². The molecule has 0 amide bonds. The van der Waals surface area contributed by atoms with Crippen LogP contribution in [0.3, 0.4) is 0 Å². The highest BCUT2D eigenvalue weighted by Gasteiger charge is 2.30. The Kier molecular flexibility index (Phi) is 2.83. The average molecular weight is 262 g/mol. The van der Waals surface area contributed by atoms with Gasteiger partial charge in [-0.25, -0.2) is 15.0 Å². The molecule has 5 nitrogen and oxygen atoms in total. The minimum absolute atomic E-state index is 0.173.